The van der Waals surface area contributed by atoms with Crippen molar-refractivity contribution in [2.75, 3.05) is 19.0 Å². The molecule has 4 heteroatoms. The van der Waals surface area contributed by atoms with Gasteiger partial charge in [0, 0.05) is 36.7 Å². The van der Waals surface area contributed by atoms with E-state index in [0.717, 1.165) is 12.2 Å². The van der Waals surface area contributed by atoms with Gasteiger partial charge in [0.15, 0.2) is 0 Å². The van der Waals surface area contributed by atoms with Crippen LogP contribution < -0.4 is 10.6 Å². The van der Waals surface area contributed by atoms with E-state index in [2.05, 4.69) is 22.8 Å². The average molecular weight is 300 g/mol. The number of benzene rings is 1. The van der Waals surface area contributed by atoms with E-state index in [1.54, 1.807) is 7.05 Å². The number of fused-ring (bicyclic) bond motifs is 2. The number of amides is 1. The lowest BCUT2D eigenvalue weighted by atomic mass is 9.46. The Balaban J connectivity index is 1.44. The number of anilines is 1. The Kier molecular flexibility index (Phi) is 3.37. The first-order chi connectivity index (χ1) is 10.7. The first-order valence-electron chi connectivity index (χ1n) is 8.41. The molecule has 0 aromatic heterocycles. The van der Waals surface area contributed by atoms with Crippen LogP contribution in [0, 0.1) is 11.3 Å². The number of likely N-dealkylation sites (N-methyl/N-ethyl adjacent to an activating group) is 1. The molecule has 2 aliphatic carbocycles. The zero-order valence-electron chi connectivity index (χ0n) is 13.1. The summed E-state index contributed by atoms with van der Waals surface area (Å²) in [5.41, 5.74) is 2.63. The molecule has 1 aromatic carbocycles. The molecule has 1 spiro atoms. The van der Waals surface area contributed by atoms with Gasteiger partial charge in [-0.15, -0.1) is 0 Å². The molecule has 2 N–H and O–H groups in total. The Morgan fingerprint density at radius 1 is 1.32 bits per heavy atom. The Labute approximate surface area is 131 Å². The number of nitrogens with one attached hydrogen (secondary N) is 2. The highest BCUT2D eigenvalue weighted by Crippen LogP contribution is 2.63. The maximum absolute atomic E-state index is 11.4. The summed E-state index contributed by atoms with van der Waals surface area (Å²) in [4.78, 5) is 11.4. The van der Waals surface area contributed by atoms with Crippen molar-refractivity contribution in [2.24, 2.45) is 11.3 Å². The van der Waals surface area contributed by atoms with Crippen LogP contribution in [0.2, 0.25) is 0 Å². The minimum atomic E-state index is 0.0547. The van der Waals surface area contributed by atoms with Gasteiger partial charge in [-0.3, -0.25) is 4.79 Å². The molecule has 1 saturated heterocycles. The summed E-state index contributed by atoms with van der Waals surface area (Å²) in [6.45, 7) is 0.931. The topological polar surface area (TPSA) is 50.4 Å². The molecule has 2 saturated carbocycles. The molecule has 3 aliphatic rings. The Bertz CT molecular complexity index is 565. The highest BCUT2D eigenvalue weighted by Gasteiger charge is 2.66. The van der Waals surface area contributed by atoms with Gasteiger partial charge in [0.2, 0.25) is 5.91 Å². The first kappa shape index (κ1) is 14.1. The normalized spacial score (nSPS) is 31.0. The van der Waals surface area contributed by atoms with Gasteiger partial charge in [-0.05, 0) is 37.0 Å². The number of rotatable bonds is 4. The second-order valence-corrected chi connectivity index (χ2v) is 7.00. The molecule has 3 fully saturated rings. The van der Waals surface area contributed by atoms with E-state index >= 15 is 0 Å². The molecule has 0 bridgehead atoms. The van der Waals surface area contributed by atoms with Crippen molar-refractivity contribution < 1.29 is 9.53 Å². The number of hydrogen-bond acceptors (Lipinski definition) is 3. The van der Waals surface area contributed by atoms with Gasteiger partial charge in [0.25, 0.3) is 0 Å². The van der Waals surface area contributed by atoms with E-state index in [1.165, 1.54) is 31.4 Å². The van der Waals surface area contributed by atoms with Gasteiger partial charge in [-0.2, -0.15) is 0 Å². The van der Waals surface area contributed by atoms with E-state index in [1.807, 2.05) is 12.1 Å². The van der Waals surface area contributed by atoms with Crippen LogP contribution in [-0.2, 0) is 16.0 Å². The standard InChI is InChI=1S/C18H24N2O2/c1-19-15(21)11-12-3-5-13(6-4-12)20-16-14-7-10-22-17(14)18(16)8-2-9-18/h3-6,14,16-17,20H,2,7-11H2,1H3,(H,19,21). The molecule has 3 unspecified atom stereocenters. The molecule has 22 heavy (non-hydrogen) atoms. The number of carbonyl (C=O) groups excluding carboxylic acids is 1. The van der Waals surface area contributed by atoms with Gasteiger partial charge in [-0.1, -0.05) is 18.6 Å². The minimum Gasteiger partial charge on any atom is -0.381 e. The molecule has 118 valence electrons. The van der Waals surface area contributed by atoms with Crippen LogP contribution in [0.4, 0.5) is 5.69 Å². The van der Waals surface area contributed by atoms with Crippen molar-refractivity contribution >= 4 is 11.6 Å². The van der Waals surface area contributed by atoms with E-state index in [0.29, 0.717) is 29.9 Å². The molecule has 1 heterocycles. The van der Waals surface area contributed by atoms with E-state index in [4.69, 9.17) is 4.74 Å². The van der Waals surface area contributed by atoms with Gasteiger partial charge in [-0.25, -0.2) is 0 Å². The van der Waals surface area contributed by atoms with Crippen molar-refractivity contribution in [3.8, 4) is 0 Å². The largest absolute Gasteiger partial charge is 0.381 e. The summed E-state index contributed by atoms with van der Waals surface area (Å²) in [6.07, 6.45) is 6.10. The van der Waals surface area contributed by atoms with Gasteiger partial charge in [0.1, 0.15) is 0 Å². The van der Waals surface area contributed by atoms with Crippen LogP contribution in [0.5, 0.6) is 0 Å². The lowest BCUT2D eigenvalue weighted by Crippen LogP contribution is -2.68. The second kappa shape index (κ2) is 5.27. The summed E-state index contributed by atoms with van der Waals surface area (Å²) >= 11 is 0. The van der Waals surface area contributed by atoms with Crippen molar-refractivity contribution in [3.05, 3.63) is 29.8 Å². The summed E-state index contributed by atoms with van der Waals surface area (Å²) in [5, 5.41) is 6.42. The predicted octanol–water partition coefficient (Wildman–Crippen LogP) is 2.34. The van der Waals surface area contributed by atoms with Crippen LogP contribution in [0.3, 0.4) is 0 Å². The van der Waals surface area contributed by atoms with Crippen LogP contribution in [0.25, 0.3) is 0 Å². The van der Waals surface area contributed by atoms with Crippen LogP contribution in [0.15, 0.2) is 24.3 Å². The van der Waals surface area contributed by atoms with Crippen molar-refractivity contribution in [2.45, 2.75) is 44.2 Å². The highest BCUT2D eigenvalue weighted by molar-refractivity contribution is 5.78. The second-order valence-electron chi connectivity index (χ2n) is 7.00. The molecular weight excluding hydrogens is 276 g/mol. The average Bonchev–Trinajstić information content (AvgIpc) is 2.90. The lowest BCUT2D eigenvalue weighted by Gasteiger charge is -2.63. The molecule has 3 atom stereocenters. The fourth-order valence-electron chi connectivity index (χ4n) is 4.63. The third-order valence-electron chi connectivity index (χ3n) is 5.96. The molecule has 1 aliphatic heterocycles. The summed E-state index contributed by atoms with van der Waals surface area (Å²) in [6, 6.07) is 8.87. The van der Waals surface area contributed by atoms with Crippen molar-refractivity contribution in [3.63, 3.8) is 0 Å². The fourth-order valence-corrected chi connectivity index (χ4v) is 4.63. The van der Waals surface area contributed by atoms with E-state index in [9.17, 15) is 4.79 Å². The zero-order valence-corrected chi connectivity index (χ0v) is 13.1. The smallest absolute Gasteiger partial charge is 0.224 e. The van der Waals surface area contributed by atoms with Crippen molar-refractivity contribution in [1.82, 2.24) is 5.32 Å². The predicted molar refractivity (Wildman–Crippen MR) is 85.8 cm³/mol. The van der Waals surface area contributed by atoms with Gasteiger partial charge in [0.05, 0.1) is 12.5 Å². The summed E-state index contributed by atoms with van der Waals surface area (Å²) in [7, 11) is 1.67. The first-order valence-corrected chi connectivity index (χ1v) is 8.41. The van der Waals surface area contributed by atoms with Crippen molar-refractivity contribution in [1.29, 1.82) is 0 Å². The van der Waals surface area contributed by atoms with E-state index < -0.39 is 0 Å². The summed E-state index contributed by atoms with van der Waals surface area (Å²) < 4.78 is 5.97. The third kappa shape index (κ3) is 2.04. The Morgan fingerprint density at radius 2 is 2.09 bits per heavy atom. The van der Waals surface area contributed by atoms with Gasteiger partial charge >= 0.3 is 0 Å². The molecule has 1 amide bonds. The third-order valence-corrected chi connectivity index (χ3v) is 5.96. The van der Waals surface area contributed by atoms with Gasteiger partial charge < -0.3 is 15.4 Å². The van der Waals surface area contributed by atoms with Crippen LogP contribution >= 0.6 is 0 Å². The summed E-state index contributed by atoms with van der Waals surface area (Å²) in [5.74, 6) is 0.741. The zero-order chi connectivity index (χ0) is 15.2. The maximum Gasteiger partial charge on any atom is 0.224 e. The van der Waals surface area contributed by atoms with E-state index in [-0.39, 0.29) is 5.91 Å². The lowest BCUT2D eigenvalue weighted by molar-refractivity contribution is -0.158. The Morgan fingerprint density at radius 3 is 2.73 bits per heavy atom. The number of hydrogen-bond donors (Lipinski definition) is 2. The SMILES string of the molecule is CNC(=O)Cc1ccc(NC2C3CCOC3C23CCC3)cc1. The quantitative estimate of drug-likeness (QED) is 0.897. The molecular formula is C18H24N2O2. The van der Waals surface area contributed by atoms with Crippen LogP contribution in [0.1, 0.15) is 31.2 Å². The highest BCUT2D eigenvalue weighted by atomic mass is 16.5. The monoisotopic (exact) mass is 300 g/mol. The number of ether oxygens (including phenoxy) is 1. The molecule has 4 nitrogen and oxygen atoms in total. The number of carbonyl (C=O) groups is 1. The maximum atomic E-state index is 11.4. The fraction of sp³-hybridized carbons (Fsp3) is 0.611. The molecule has 4 rings (SSSR count). The molecule has 1 aromatic rings. The molecule has 0 radical (unpaired) electrons. The Hall–Kier alpha value is -1.55. The minimum absolute atomic E-state index is 0.0547. The van der Waals surface area contributed by atoms with Crippen LogP contribution in [-0.4, -0.2) is 31.7 Å².